The van der Waals surface area contributed by atoms with Crippen LogP contribution in [0.15, 0.2) is 12.1 Å². The molecule has 0 aliphatic rings. The van der Waals surface area contributed by atoms with Crippen LogP contribution >= 0.6 is 11.6 Å². The molecule has 0 aliphatic carbocycles. The van der Waals surface area contributed by atoms with Crippen molar-refractivity contribution < 1.29 is 15.0 Å². The van der Waals surface area contributed by atoms with Gasteiger partial charge in [-0.1, -0.05) is 11.6 Å². The molecule has 0 saturated heterocycles. The molecule has 12 heavy (non-hydrogen) atoms. The lowest BCUT2D eigenvalue weighted by molar-refractivity contribution is 0.0696. The Bertz CT molecular complexity index is 333. The highest BCUT2D eigenvalue weighted by Crippen LogP contribution is 2.25. The van der Waals surface area contributed by atoms with Gasteiger partial charge >= 0.3 is 5.97 Å². The van der Waals surface area contributed by atoms with Crippen LogP contribution < -0.4 is 0 Å². The molecule has 4 heteroatoms. The first-order valence-corrected chi connectivity index (χ1v) is 3.62. The smallest absolute Gasteiger partial charge is 0.337 e. The average molecular weight is 187 g/mol. The highest BCUT2D eigenvalue weighted by atomic mass is 35.5. The maximum absolute atomic E-state index is 10.5. The summed E-state index contributed by atoms with van der Waals surface area (Å²) in [6.45, 7) is 1.65. The van der Waals surface area contributed by atoms with E-state index in [0.717, 1.165) is 6.07 Å². The van der Waals surface area contributed by atoms with Gasteiger partial charge in [-0.15, -0.1) is 0 Å². The normalized spacial score (nSPS) is 9.83. The largest absolute Gasteiger partial charge is 0.508 e. The summed E-state index contributed by atoms with van der Waals surface area (Å²) in [5.74, 6) is -1.20. The van der Waals surface area contributed by atoms with Crippen molar-refractivity contribution in [2.45, 2.75) is 6.92 Å². The van der Waals surface area contributed by atoms with Gasteiger partial charge in [0.2, 0.25) is 0 Å². The second-order valence-electron chi connectivity index (χ2n) is 2.42. The second kappa shape index (κ2) is 3.03. The molecule has 0 aromatic heterocycles. The lowest BCUT2D eigenvalue weighted by Gasteiger charge is -2.02. The Morgan fingerprint density at radius 1 is 1.50 bits per heavy atom. The molecular formula is C8H7ClO3. The molecule has 1 rings (SSSR count). The van der Waals surface area contributed by atoms with Gasteiger partial charge in [0.05, 0.1) is 10.6 Å². The van der Waals surface area contributed by atoms with Crippen LogP contribution in [0.3, 0.4) is 0 Å². The minimum atomic E-state index is -1.14. The third kappa shape index (κ3) is 1.51. The molecule has 0 atom stereocenters. The van der Waals surface area contributed by atoms with E-state index in [1.165, 1.54) is 6.07 Å². The fourth-order valence-electron chi connectivity index (χ4n) is 0.825. The zero-order chi connectivity index (χ0) is 9.30. The van der Waals surface area contributed by atoms with E-state index in [4.69, 9.17) is 21.8 Å². The van der Waals surface area contributed by atoms with Gasteiger partial charge in [0.15, 0.2) is 0 Å². The molecule has 0 amide bonds. The molecule has 1 aromatic carbocycles. The van der Waals surface area contributed by atoms with Crippen LogP contribution in [0.1, 0.15) is 15.9 Å². The molecule has 3 nitrogen and oxygen atoms in total. The van der Waals surface area contributed by atoms with E-state index in [0.29, 0.717) is 5.56 Å². The van der Waals surface area contributed by atoms with Gasteiger partial charge in [0.25, 0.3) is 0 Å². The third-order valence-electron chi connectivity index (χ3n) is 1.52. The van der Waals surface area contributed by atoms with E-state index in [1.807, 2.05) is 0 Å². The fourth-order valence-corrected chi connectivity index (χ4v) is 1.12. The molecule has 64 valence electrons. The summed E-state index contributed by atoms with van der Waals surface area (Å²) in [6.07, 6.45) is 0. The monoisotopic (exact) mass is 186 g/mol. The summed E-state index contributed by atoms with van der Waals surface area (Å²) in [5.41, 5.74) is 0.477. The molecule has 0 fully saturated rings. The number of rotatable bonds is 1. The first-order chi connectivity index (χ1) is 5.52. The van der Waals surface area contributed by atoms with Crippen LogP contribution in [-0.2, 0) is 0 Å². The molecule has 0 saturated carbocycles. The highest BCUT2D eigenvalue weighted by molar-refractivity contribution is 6.33. The SMILES string of the molecule is Cc1cc(Cl)c(C(=O)O)cc1O. The molecule has 0 spiro atoms. The number of aryl methyl sites for hydroxylation is 1. The minimum absolute atomic E-state index is 0.0585. The van der Waals surface area contributed by atoms with Crippen LogP contribution in [0.2, 0.25) is 5.02 Å². The van der Waals surface area contributed by atoms with Crippen molar-refractivity contribution >= 4 is 17.6 Å². The van der Waals surface area contributed by atoms with Crippen molar-refractivity contribution in [2.24, 2.45) is 0 Å². The Kier molecular flexibility index (Phi) is 2.24. The van der Waals surface area contributed by atoms with Crippen molar-refractivity contribution in [2.75, 3.05) is 0 Å². The van der Waals surface area contributed by atoms with Gasteiger partial charge in [0, 0.05) is 0 Å². The molecule has 0 radical (unpaired) electrons. The molecule has 0 heterocycles. The summed E-state index contributed by atoms with van der Waals surface area (Å²) in [6, 6.07) is 2.56. The molecule has 0 aliphatic heterocycles. The molecule has 1 aromatic rings. The second-order valence-corrected chi connectivity index (χ2v) is 2.83. The average Bonchev–Trinajstić information content (AvgIpc) is 1.96. The lowest BCUT2D eigenvalue weighted by atomic mass is 10.1. The fraction of sp³-hybridized carbons (Fsp3) is 0.125. The number of phenolic OH excluding ortho intramolecular Hbond substituents is 1. The number of benzene rings is 1. The van der Waals surface area contributed by atoms with Gasteiger partial charge in [-0.25, -0.2) is 4.79 Å². The Morgan fingerprint density at radius 3 is 2.58 bits per heavy atom. The number of hydrogen-bond donors (Lipinski definition) is 2. The number of aromatic hydroxyl groups is 1. The van der Waals surface area contributed by atoms with E-state index < -0.39 is 5.97 Å². The van der Waals surface area contributed by atoms with E-state index >= 15 is 0 Å². The maximum atomic E-state index is 10.5. The summed E-state index contributed by atoms with van der Waals surface area (Å²) in [7, 11) is 0. The van der Waals surface area contributed by atoms with Crippen molar-refractivity contribution in [3.63, 3.8) is 0 Å². The van der Waals surface area contributed by atoms with E-state index in [1.54, 1.807) is 6.92 Å². The van der Waals surface area contributed by atoms with E-state index in [2.05, 4.69) is 0 Å². The minimum Gasteiger partial charge on any atom is -0.508 e. The quantitative estimate of drug-likeness (QED) is 0.706. The van der Waals surface area contributed by atoms with E-state index in [9.17, 15) is 4.79 Å². The number of aromatic carboxylic acids is 1. The zero-order valence-electron chi connectivity index (χ0n) is 6.34. The molecule has 2 N–H and O–H groups in total. The van der Waals surface area contributed by atoms with Crippen molar-refractivity contribution in [3.05, 3.63) is 28.3 Å². The number of hydrogen-bond acceptors (Lipinski definition) is 2. The van der Waals surface area contributed by atoms with Crippen LogP contribution in [0, 0.1) is 6.92 Å². The van der Waals surface area contributed by atoms with Gasteiger partial charge < -0.3 is 10.2 Å². The third-order valence-corrected chi connectivity index (χ3v) is 1.83. The Morgan fingerprint density at radius 2 is 2.08 bits per heavy atom. The first-order valence-electron chi connectivity index (χ1n) is 3.25. The van der Waals surface area contributed by atoms with Crippen LogP contribution in [-0.4, -0.2) is 16.2 Å². The number of carboxylic acid groups (broad SMARTS) is 1. The van der Waals surface area contributed by atoms with Crippen molar-refractivity contribution in [3.8, 4) is 5.75 Å². The maximum Gasteiger partial charge on any atom is 0.337 e. The number of carboxylic acids is 1. The summed E-state index contributed by atoms with van der Waals surface area (Å²) < 4.78 is 0. The summed E-state index contributed by atoms with van der Waals surface area (Å²) in [4.78, 5) is 10.5. The van der Waals surface area contributed by atoms with Crippen LogP contribution in [0.4, 0.5) is 0 Å². The first kappa shape index (κ1) is 8.87. The zero-order valence-corrected chi connectivity index (χ0v) is 7.09. The summed E-state index contributed by atoms with van der Waals surface area (Å²) >= 11 is 5.60. The Balaban J connectivity index is 3.33. The number of halogens is 1. The van der Waals surface area contributed by atoms with E-state index in [-0.39, 0.29) is 16.3 Å². The molecule has 0 unspecified atom stereocenters. The van der Waals surface area contributed by atoms with Crippen LogP contribution in [0.25, 0.3) is 0 Å². The Hall–Kier alpha value is -1.22. The van der Waals surface area contributed by atoms with Crippen LogP contribution in [0.5, 0.6) is 5.75 Å². The summed E-state index contributed by atoms with van der Waals surface area (Å²) in [5, 5.41) is 17.9. The molecule has 0 bridgehead atoms. The van der Waals surface area contributed by atoms with Crippen molar-refractivity contribution in [1.29, 1.82) is 0 Å². The highest BCUT2D eigenvalue weighted by Gasteiger charge is 2.10. The standard InChI is InChI=1S/C8H7ClO3/c1-4-2-6(9)5(8(11)12)3-7(4)10/h2-3,10H,1H3,(H,11,12). The molecular weight excluding hydrogens is 180 g/mol. The Labute approximate surface area is 74.2 Å². The topological polar surface area (TPSA) is 57.5 Å². The lowest BCUT2D eigenvalue weighted by Crippen LogP contribution is -1.97. The van der Waals surface area contributed by atoms with Gasteiger partial charge in [-0.05, 0) is 24.6 Å². The predicted octanol–water partition coefficient (Wildman–Crippen LogP) is 2.05. The van der Waals surface area contributed by atoms with Gasteiger partial charge in [-0.3, -0.25) is 0 Å². The van der Waals surface area contributed by atoms with Gasteiger partial charge in [-0.2, -0.15) is 0 Å². The predicted molar refractivity (Wildman–Crippen MR) is 44.8 cm³/mol. The van der Waals surface area contributed by atoms with Crippen molar-refractivity contribution in [1.82, 2.24) is 0 Å². The number of carbonyl (C=O) groups is 1. The number of phenols is 1. The van der Waals surface area contributed by atoms with Gasteiger partial charge in [0.1, 0.15) is 5.75 Å².